The summed E-state index contributed by atoms with van der Waals surface area (Å²) in [5.74, 6) is 0.710. The zero-order valence-corrected chi connectivity index (χ0v) is 18.1. The number of pyridine rings is 1. The van der Waals surface area contributed by atoms with Gasteiger partial charge in [-0.1, -0.05) is 11.6 Å². The number of morpholine rings is 1. The summed E-state index contributed by atoms with van der Waals surface area (Å²) in [6, 6.07) is 5.95. The van der Waals surface area contributed by atoms with Crippen LogP contribution in [0.15, 0.2) is 23.0 Å². The topological polar surface area (TPSA) is 99.4 Å². The van der Waals surface area contributed by atoms with Gasteiger partial charge in [0.15, 0.2) is 6.04 Å². The Morgan fingerprint density at radius 3 is 2.84 bits per heavy atom. The van der Waals surface area contributed by atoms with E-state index in [4.69, 9.17) is 9.47 Å². The Hall–Kier alpha value is -2.62. The fourth-order valence-electron chi connectivity index (χ4n) is 4.91. The van der Waals surface area contributed by atoms with Crippen molar-refractivity contribution in [2.45, 2.75) is 45.4 Å². The van der Waals surface area contributed by atoms with Crippen molar-refractivity contribution in [2.75, 3.05) is 32.9 Å². The van der Waals surface area contributed by atoms with Crippen molar-refractivity contribution in [1.29, 1.82) is 0 Å². The van der Waals surface area contributed by atoms with Crippen molar-refractivity contribution in [1.82, 2.24) is 25.2 Å². The number of ether oxygens (including phenoxy) is 2. The Labute approximate surface area is 180 Å². The maximum absolute atomic E-state index is 13.3. The average molecular weight is 426 g/mol. The maximum atomic E-state index is 13.3. The highest BCUT2D eigenvalue weighted by Gasteiger charge is 2.35. The number of aromatic nitrogens is 5. The van der Waals surface area contributed by atoms with Gasteiger partial charge in [0.05, 0.1) is 36.9 Å². The zero-order valence-electron chi connectivity index (χ0n) is 18.1. The summed E-state index contributed by atoms with van der Waals surface area (Å²) in [7, 11) is 0. The van der Waals surface area contributed by atoms with E-state index in [1.165, 1.54) is 10.5 Å². The highest BCUT2D eigenvalue weighted by Crippen LogP contribution is 2.23. The summed E-state index contributed by atoms with van der Waals surface area (Å²) >= 11 is 0. The van der Waals surface area contributed by atoms with Crippen LogP contribution < -0.4 is 10.5 Å². The van der Waals surface area contributed by atoms with Gasteiger partial charge >= 0.3 is 0 Å². The number of aryl methyl sites for hydroxylation is 2. The van der Waals surface area contributed by atoms with E-state index in [0.29, 0.717) is 31.1 Å². The number of nitrogens with zero attached hydrogens (tertiary/aromatic N) is 4. The Balaban J connectivity index is 1.62. The van der Waals surface area contributed by atoms with Crippen LogP contribution in [0.4, 0.5) is 0 Å². The molecule has 0 bridgehead atoms. The van der Waals surface area contributed by atoms with Crippen LogP contribution in [0.3, 0.4) is 0 Å². The molecule has 2 aliphatic heterocycles. The van der Waals surface area contributed by atoms with E-state index in [0.717, 1.165) is 49.0 Å². The second kappa shape index (κ2) is 8.49. The lowest BCUT2D eigenvalue weighted by molar-refractivity contribution is -0.933. The molecular weight excluding hydrogens is 396 g/mol. The molecule has 4 heterocycles. The lowest BCUT2D eigenvalue weighted by Gasteiger charge is -2.30. The lowest BCUT2D eigenvalue weighted by Crippen LogP contribution is -3.14. The number of rotatable bonds is 5. The molecule has 0 aliphatic carbocycles. The predicted molar refractivity (Wildman–Crippen MR) is 114 cm³/mol. The molecule has 2 fully saturated rings. The van der Waals surface area contributed by atoms with E-state index in [9.17, 15) is 4.79 Å². The van der Waals surface area contributed by atoms with Gasteiger partial charge in [-0.25, -0.2) is 4.68 Å². The molecule has 9 heteroatoms. The molecular formula is C22H29N6O3+. The summed E-state index contributed by atoms with van der Waals surface area (Å²) in [5, 5.41) is 13.7. The van der Waals surface area contributed by atoms with E-state index in [2.05, 4.69) is 39.6 Å². The number of H-pyrrole nitrogens is 1. The second-order valence-corrected chi connectivity index (χ2v) is 8.66. The molecule has 0 amide bonds. The Bertz CT molecular complexity index is 1130. The second-order valence-electron chi connectivity index (χ2n) is 8.66. The molecule has 0 radical (unpaired) electrons. The molecule has 2 saturated heterocycles. The molecule has 1 aromatic carbocycles. The van der Waals surface area contributed by atoms with Crippen molar-refractivity contribution in [3.63, 3.8) is 0 Å². The van der Waals surface area contributed by atoms with Crippen LogP contribution in [0.1, 0.15) is 41.4 Å². The van der Waals surface area contributed by atoms with Gasteiger partial charge in [-0.2, -0.15) is 0 Å². The zero-order chi connectivity index (χ0) is 21.4. The van der Waals surface area contributed by atoms with Crippen LogP contribution >= 0.6 is 0 Å². The Kier molecular flexibility index (Phi) is 5.56. The first kappa shape index (κ1) is 20.3. The first-order chi connectivity index (χ1) is 15.1. The molecule has 0 unspecified atom stereocenters. The van der Waals surface area contributed by atoms with Gasteiger partial charge in [0.1, 0.15) is 13.1 Å². The minimum atomic E-state index is -0.269. The smallest absolute Gasteiger partial charge is 0.258 e. The number of tetrazole rings is 1. The Morgan fingerprint density at radius 1 is 1.23 bits per heavy atom. The van der Waals surface area contributed by atoms with Crippen LogP contribution in [0.25, 0.3) is 10.9 Å². The van der Waals surface area contributed by atoms with Gasteiger partial charge in [0.2, 0.25) is 5.82 Å². The number of fused-ring (bicyclic) bond motifs is 1. The molecule has 2 N–H and O–H groups in total. The molecule has 2 aromatic heterocycles. The van der Waals surface area contributed by atoms with Crippen LogP contribution in [0, 0.1) is 13.8 Å². The van der Waals surface area contributed by atoms with E-state index in [-0.39, 0.29) is 17.7 Å². The highest BCUT2D eigenvalue weighted by molar-refractivity contribution is 5.83. The van der Waals surface area contributed by atoms with Crippen molar-refractivity contribution < 1.29 is 14.4 Å². The SMILES string of the molecule is Cc1cc(C)c2[nH]c(=O)c([C@@H](c3nnnn3C[C@@H]3CCCO3)[NH+]3CCOCC3)cc2c1. The van der Waals surface area contributed by atoms with Crippen LogP contribution in [0.2, 0.25) is 0 Å². The van der Waals surface area contributed by atoms with E-state index in [1.807, 2.05) is 17.7 Å². The molecule has 31 heavy (non-hydrogen) atoms. The lowest BCUT2D eigenvalue weighted by atomic mass is 10.0. The van der Waals surface area contributed by atoms with E-state index in [1.54, 1.807) is 0 Å². The van der Waals surface area contributed by atoms with E-state index >= 15 is 0 Å². The van der Waals surface area contributed by atoms with Crippen LogP contribution in [-0.4, -0.2) is 64.2 Å². The van der Waals surface area contributed by atoms with E-state index < -0.39 is 0 Å². The van der Waals surface area contributed by atoms with Gasteiger partial charge in [-0.05, 0) is 60.2 Å². The molecule has 5 rings (SSSR count). The van der Waals surface area contributed by atoms with Gasteiger partial charge in [-0.15, -0.1) is 5.10 Å². The normalized spacial score (nSPS) is 21.0. The van der Waals surface area contributed by atoms with Gasteiger partial charge in [0, 0.05) is 6.61 Å². The number of aromatic amines is 1. The summed E-state index contributed by atoms with van der Waals surface area (Å²) < 4.78 is 13.2. The Morgan fingerprint density at radius 2 is 2.06 bits per heavy atom. The molecule has 164 valence electrons. The summed E-state index contributed by atoms with van der Waals surface area (Å²) in [6.07, 6.45) is 2.18. The average Bonchev–Trinajstić information content (AvgIpc) is 3.43. The van der Waals surface area contributed by atoms with Crippen molar-refractivity contribution in [3.05, 3.63) is 51.1 Å². The number of nitrogens with one attached hydrogen (secondary N) is 2. The minimum absolute atomic E-state index is 0.0879. The quantitative estimate of drug-likeness (QED) is 0.611. The molecule has 9 nitrogen and oxygen atoms in total. The molecule has 3 aromatic rings. The van der Waals surface area contributed by atoms with Crippen molar-refractivity contribution >= 4 is 10.9 Å². The predicted octanol–water partition coefficient (Wildman–Crippen LogP) is 0.315. The third-order valence-corrected chi connectivity index (χ3v) is 6.39. The fraction of sp³-hybridized carbons (Fsp3) is 0.545. The fourth-order valence-corrected chi connectivity index (χ4v) is 4.91. The monoisotopic (exact) mass is 425 g/mol. The van der Waals surface area contributed by atoms with Crippen molar-refractivity contribution in [2.24, 2.45) is 0 Å². The number of hydrogen-bond donors (Lipinski definition) is 2. The summed E-state index contributed by atoms with van der Waals surface area (Å²) in [6.45, 7) is 8.38. The summed E-state index contributed by atoms with van der Waals surface area (Å²) in [4.78, 5) is 17.7. The van der Waals surface area contributed by atoms with Gasteiger partial charge < -0.3 is 19.4 Å². The third kappa shape index (κ3) is 4.00. The molecule has 0 saturated carbocycles. The highest BCUT2D eigenvalue weighted by atomic mass is 16.5. The molecule has 2 atom stereocenters. The minimum Gasteiger partial charge on any atom is -0.376 e. The van der Waals surface area contributed by atoms with Crippen molar-refractivity contribution in [3.8, 4) is 0 Å². The number of hydrogen-bond acceptors (Lipinski definition) is 6. The van der Waals surface area contributed by atoms with Crippen LogP contribution in [0.5, 0.6) is 0 Å². The van der Waals surface area contributed by atoms with Gasteiger partial charge in [-0.3, -0.25) is 4.79 Å². The summed E-state index contributed by atoms with van der Waals surface area (Å²) in [5.41, 5.74) is 3.72. The standard InChI is InChI=1S/C22H28N6O3/c1-14-10-15(2)19-16(11-14)12-18(22(29)23-19)20(27-5-8-30-9-6-27)21-24-25-26-28(21)13-17-4-3-7-31-17/h10-12,17,20H,3-9,13H2,1-2H3,(H,23,29)/p+1/t17-,20-/m0/s1. The third-order valence-electron chi connectivity index (χ3n) is 6.39. The van der Waals surface area contributed by atoms with Crippen LogP contribution in [-0.2, 0) is 16.0 Å². The number of benzene rings is 1. The molecule has 0 spiro atoms. The number of quaternary nitrogens is 1. The van der Waals surface area contributed by atoms with Gasteiger partial charge in [0.25, 0.3) is 5.56 Å². The molecule has 2 aliphatic rings. The largest absolute Gasteiger partial charge is 0.376 e. The maximum Gasteiger partial charge on any atom is 0.258 e. The first-order valence-corrected chi connectivity index (χ1v) is 11.0. The first-order valence-electron chi connectivity index (χ1n) is 11.0.